The SMILES string of the molecule is CC(C)(C)OC[C@H](N)C(=O)N[C@@H](CC(=O)OC(C)(C)C)C(=O)O. The number of rotatable bonds is 7. The quantitative estimate of drug-likeness (QED) is 0.577. The molecule has 23 heavy (non-hydrogen) atoms. The number of hydrogen-bond acceptors (Lipinski definition) is 6. The van der Waals surface area contributed by atoms with Gasteiger partial charge in [-0.05, 0) is 41.5 Å². The van der Waals surface area contributed by atoms with Crippen molar-refractivity contribution < 1.29 is 29.0 Å². The highest BCUT2D eigenvalue weighted by Gasteiger charge is 2.28. The Labute approximate surface area is 136 Å². The number of carboxylic acid groups (broad SMARTS) is 1. The lowest BCUT2D eigenvalue weighted by molar-refractivity contribution is -0.158. The van der Waals surface area contributed by atoms with Gasteiger partial charge in [0.15, 0.2) is 0 Å². The molecule has 0 aliphatic heterocycles. The van der Waals surface area contributed by atoms with Gasteiger partial charge in [0.25, 0.3) is 0 Å². The minimum atomic E-state index is -1.40. The summed E-state index contributed by atoms with van der Waals surface area (Å²) in [6, 6.07) is -2.44. The number of carbonyl (C=O) groups excluding carboxylic acids is 2. The molecule has 0 aromatic carbocycles. The van der Waals surface area contributed by atoms with Crippen LogP contribution in [0.1, 0.15) is 48.0 Å². The van der Waals surface area contributed by atoms with E-state index in [9.17, 15) is 14.4 Å². The molecule has 0 bridgehead atoms. The van der Waals surface area contributed by atoms with Gasteiger partial charge in [0.1, 0.15) is 17.7 Å². The second-order valence-corrected chi connectivity index (χ2v) is 7.22. The summed E-state index contributed by atoms with van der Waals surface area (Å²) in [6.45, 7) is 10.4. The molecule has 0 aromatic heterocycles. The fraction of sp³-hybridized carbons (Fsp3) is 0.800. The van der Waals surface area contributed by atoms with Crippen LogP contribution in [0.15, 0.2) is 0 Å². The summed E-state index contributed by atoms with van der Waals surface area (Å²) < 4.78 is 10.4. The molecule has 4 N–H and O–H groups in total. The fourth-order valence-corrected chi connectivity index (χ4v) is 1.44. The second-order valence-electron chi connectivity index (χ2n) is 7.22. The molecule has 0 saturated heterocycles. The summed E-state index contributed by atoms with van der Waals surface area (Å²) in [5.74, 6) is -2.76. The third-order valence-electron chi connectivity index (χ3n) is 2.44. The van der Waals surface area contributed by atoms with Crippen molar-refractivity contribution in [1.29, 1.82) is 0 Å². The van der Waals surface area contributed by atoms with Crippen LogP contribution in [0.2, 0.25) is 0 Å². The molecule has 8 heteroatoms. The normalized spacial score (nSPS) is 14.7. The summed E-state index contributed by atoms with van der Waals surface area (Å²) in [5.41, 5.74) is 4.45. The van der Waals surface area contributed by atoms with Crippen LogP contribution in [-0.2, 0) is 23.9 Å². The van der Waals surface area contributed by atoms with Crippen molar-refractivity contribution in [1.82, 2.24) is 5.32 Å². The summed E-state index contributed by atoms with van der Waals surface area (Å²) >= 11 is 0. The zero-order valence-corrected chi connectivity index (χ0v) is 14.6. The molecular formula is C15H28N2O6. The van der Waals surface area contributed by atoms with Gasteiger partial charge in [-0.3, -0.25) is 9.59 Å². The summed E-state index contributed by atoms with van der Waals surface area (Å²) in [7, 11) is 0. The summed E-state index contributed by atoms with van der Waals surface area (Å²) in [6.07, 6.45) is -0.481. The second kappa shape index (κ2) is 8.26. The molecule has 0 aliphatic carbocycles. The van der Waals surface area contributed by atoms with Gasteiger partial charge in [-0.25, -0.2) is 4.79 Å². The fourth-order valence-electron chi connectivity index (χ4n) is 1.44. The number of carbonyl (C=O) groups is 3. The Hall–Kier alpha value is -1.67. The van der Waals surface area contributed by atoms with Crippen molar-refractivity contribution in [3.8, 4) is 0 Å². The molecule has 0 saturated carbocycles. The third kappa shape index (κ3) is 10.6. The number of nitrogens with one attached hydrogen (secondary N) is 1. The van der Waals surface area contributed by atoms with Crippen molar-refractivity contribution in [2.24, 2.45) is 5.73 Å². The highest BCUT2D eigenvalue weighted by Crippen LogP contribution is 2.10. The Morgan fingerprint density at radius 1 is 1.09 bits per heavy atom. The van der Waals surface area contributed by atoms with Crippen LogP contribution in [-0.4, -0.2) is 52.8 Å². The van der Waals surface area contributed by atoms with Crippen molar-refractivity contribution in [2.75, 3.05) is 6.61 Å². The molecule has 134 valence electrons. The van der Waals surface area contributed by atoms with Gasteiger partial charge in [-0.2, -0.15) is 0 Å². The number of esters is 1. The maximum absolute atomic E-state index is 11.9. The van der Waals surface area contributed by atoms with Crippen LogP contribution in [0.5, 0.6) is 0 Å². The number of nitrogens with two attached hydrogens (primary N) is 1. The Morgan fingerprint density at radius 2 is 1.61 bits per heavy atom. The van der Waals surface area contributed by atoms with Crippen molar-refractivity contribution in [3.05, 3.63) is 0 Å². The molecule has 1 amide bonds. The van der Waals surface area contributed by atoms with Crippen LogP contribution >= 0.6 is 0 Å². The van der Waals surface area contributed by atoms with E-state index in [2.05, 4.69) is 5.32 Å². The first-order chi connectivity index (χ1) is 10.2. The maximum Gasteiger partial charge on any atom is 0.326 e. The third-order valence-corrected chi connectivity index (χ3v) is 2.44. The molecule has 0 spiro atoms. The van der Waals surface area contributed by atoms with E-state index < -0.39 is 47.6 Å². The minimum absolute atomic E-state index is 0.0614. The van der Waals surface area contributed by atoms with Gasteiger partial charge >= 0.3 is 11.9 Å². The number of carboxylic acids is 1. The van der Waals surface area contributed by atoms with E-state index >= 15 is 0 Å². The minimum Gasteiger partial charge on any atom is -0.480 e. The van der Waals surface area contributed by atoms with Crippen molar-refractivity contribution in [3.63, 3.8) is 0 Å². The van der Waals surface area contributed by atoms with Crippen molar-refractivity contribution in [2.45, 2.75) is 71.2 Å². The molecule has 0 aromatic rings. The molecule has 0 radical (unpaired) electrons. The van der Waals surface area contributed by atoms with Crippen LogP contribution < -0.4 is 11.1 Å². The van der Waals surface area contributed by atoms with Crippen LogP contribution in [0.3, 0.4) is 0 Å². The lowest BCUT2D eigenvalue weighted by Crippen LogP contribution is -2.51. The standard InChI is InChI=1S/C15H28N2O6/c1-14(2,3)22-8-9(16)12(19)17-10(13(20)21)7-11(18)23-15(4,5)6/h9-10H,7-8,16H2,1-6H3,(H,17,19)(H,20,21)/t9-,10-/m0/s1. The first kappa shape index (κ1) is 21.3. The van der Waals surface area contributed by atoms with Gasteiger partial charge in [0.05, 0.1) is 18.6 Å². The smallest absolute Gasteiger partial charge is 0.326 e. The van der Waals surface area contributed by atoms with E-state index in [1.807, 2.05) is 0 Å². The summed E-state index contributed by atoms with van der Waals surface area (Å²) in [4.78, 5) is 34.8. The average Bonchev–Trinajstić information content (AvgIpc) is 2.31. The van der Waals surface area contributed by atoms with Crippen LogP contribution in [0.4, 0.5) is 0 Å². The van der Waals surface area contributed by atoms with E-state index in [0.29, 0.717) is 0 Å². The molecule has 0 aliphatic rings. The van der Waals surface area contributed by atoms with Gasteiger partial charge in [0, 0.05) is 0 Å². The Morgan fingerprint density at radius 3 is 2.00 bits per heavy atom. The molecule has 2 atom stereocenters. The van der Waals surface area contributed by atoms with E-state index in [1.54, 1.807) is 41.5 Å². The molecule has 0 rings (SSSR count). The Kier molecular flexibility index (Phi) is 7.66. The van der Waals surface area contributed by atoms with E-state index in [4.69, 9.17) is 20.3 Å². The number of aliphatic carboxylic acids is 1. The van der Waals surface area contributed by atoms with Crippen molar-refractivity contribution >= 4 is 17.8 Å². The number of ether oxygens (including phenoxy) is 2. The maximum atomic E-state index is 11.9. The number of amides is 1. The lowest BCUT2D eigenvalue weighted by atomic mass is 10.1. The Balaban J connectivity index is 4.61. The zero-order chi connectivity index (χ0) is 18.4. The molecular weight excluding hydrogens is 304 g/mol. The molecule has 0 fully saturated rings. The predicted molar refractivity (Wildman–Crippen MR) is 83.7 cm³/mol. The monoisotopic (exact) mass is 332 g/mol. The molecule has 8 nitrogen and oxygen atoms in total. The highest BCUT2D eigenvalue weighted by molar-refractivity contribution is 5.89. The number of hydrogen-bond donors (Lipinski definition) is 3. The van der Waals surface area contributed by atoms with Gasteiger partial charge in [-0.1, -0.05) is 0 Å². The lowest BCUT2D eigenvalue weighted by Gasteiger charge is -2.24. The van der Waals surface area contributed by atoms with Gasteiger partial charge in [0.2, 0.25) is 5.91 Å². The van der Waals surface area contributed by atoms with E-state index in [1.165, 1.54) is 0 Å². The van der Waals surface area contributed by atoms with Crippen LogP contribution in [0, 0.1) is 0 Å². The summed E-state index contributed by atoms with van der Waals surface area (Å²) in [5, 5.41) is 11.3. The topological polar surface area (TPSA) is 128 Å². The van der Waals surface area contributed by atoms with E-state index in [-0.39, 0.29) is 6.61 Å². The van der Waals surface area contributed by atoms with E-state index in [0.717, 1.165) is 0 Å². The van der Waals surface area contributed by atoms with Crippen LogP contribution in [0.25, 0.3) is 0 Å². The largest absolute Gasteiger partial charge is 0.480 e. The van der Waals surface area contributed by atoms with Gasteiger partial charge < -0.3 is 25.6 Å². The highest BCUT2D eigenvalue weighted by atomic mass is 16.6. The zero-order valence-electron chi connectivity index (χ0n) is 14.6. The first-order valence-electron chi connectivity index (χ1n) is 7.36. The average molecular weight is 332 g/mol. The first-order valence-corrected chi connectivity index (χ1v) is 7.36. The Bertz CT molecular complexity index is 436. The van der Waals surface area contributed by atoms with Gasteiger partial charge in [-0.15, -0.1) is 0 Å². The molecule has 0 unspecified atom stereocenters. The molecule has 0 heterocycles. The predicted octanol–water partition coefficient (Wildman–Crippen LogP) is 0.430.